The van der Waals surface area contributed by atoms with Crippen molar-refractivity contribution in [2.45, 2.75) is 32.4 Å². The van der Waals surface area contributed by atoms with Gasteiger partial charge >= 0.3 is 12.2 Å². The monoisotopic (exact) mass is 754 g/mol. The lowest BCUT2D eigenvalue weighted by atomic mass is 9.99. The van der Waals surface area contributed by atoms with Crippen molar-refractivity contribution in [3.8, 4) is 22.4 Å². The fourth-order valence-electron chi connectivity index (χ4n) is 6.39. The number of ether oxygens (including phenoxy) is 4. The molecule has 3 aromatic carbocycles. The van der Waals surface area contributed by atoms with Gasteiger partial charge in [-0.2, -0.15) is 0 Å². The quantitative estimate of drug-likeness (QED) is 0.103. The smallest absolute Gasteiger partial charge is 0.407 e. The molecule has 3 heterocycles. The second-order valence-corrected chi connectivity index (χ2v) is 13.4. The number of amides is 4. The molecular weight excluding hydrogens is 708 g/mol. The second kappa shape index (κ2) is 17.9. The number of fused-ring (bicyclic) bond motifs is 2. The number of morpholine rings is 1. The Kier molecular flexibility index (Phi) is 12.6. The van der Waals surface area contributed by atoms with Crippen molar-refractivity contribution in [3.05, 3.63) is 72.4 Å². The van der Waals surface area contributed by atoms with Gasteiger partial charge in [0.05, 0.1) is 70.1 Å². The van der Waals surface area contributed by atoms with Gasteiger partial charge in [-0.1, -0.05) is 44.2 Å². The summed E-state index contributed by atoms with van der Waals surface area (Å²) in [6.07, 6.45) is 1.07. The second-order valence-electron chi connectivity index (χ2n) is 13.4. The van der Waals surface area contributed by atoms with E-state index < -0.39 is 24.3 Å². The maximum Gasteiger partial charge on any atom is 0.407 e. The molecule has 1 aliphatic heterocycles. The molecule has 2 aromatic heterocycles. The summed E-state index contributed by atoms with van der Waals surface area (Å²) in [6, 6.07) is 17.5. The minimum atomic E-state index is -0.749. The van der Waals surface area contributed by atoms with Gasteiger partial charge in [-0.05, 0) is 52.1 Å². The normalized spacial score (nSPS) is 14.9. The molecule has 0 radical (unpaired) electrons. The lowest BCUT2D eigenvalue weighted by Crippen LogP contribution is -2.54. The number of carbonyl (C=O) groups is 4. The number of methoxy groups -OCH3 is 2. The van der Waals surface area contributed by atoms with E-state index in [0.29, 0.717) is 45.2 Å². The summed E-state index contributed by atoms with van der Waals surface area (Å²) in [5.74, 6) is 0.722. The molecule has 2 atom stereocenters. The van der Waals surface area contributed by atoms with Crippen LogP contribution in [0.2, 0.25) is 0 Å². The first-order valence-corrected chi connectivity index (χ1v) is 18.1. The van der Waals surface area contributed by atoms with Gasteiger partial charge in [0, 0.05) is 25.1 Å². The Labute approximate surface area is 317 Å². The van der Waals surface area contributed by atoms with E-state index in [1.54, 1.807) is 4.90 Å². The largest absolute Gasteiger partial charge is 0.453 e. The van der Waals surface area contributed by atoms with Gasteiger partial charge in [0.1, 0.15) is 23.7 Å². The predicted octanol–water partition coefficient (Wildman–Crippen LogP) is 4.09. The highest BCUT2D eigenvalue weighted by molar-refractivity contribution is 5.92. The summed E-state index contributed by atoms with van der Waals surface area (Å²) in [4.78, 5) is 66.3. The number of hydrogen-bond donors (Lipinski definition) is 5. The van der Waals surface area contributed by atoms with E-state index in [9.17, 15) is 19.2 Å². The van der Waals surface area contributed by atoms with Gasteiger partial charge in [-0.25, -0.2) is 19.6 Å². The van der Waals surface area contributed by atoms with Gasteiger partial charge in [-0.3, -0.25) is 9.59 Å². The van der Waals surface area contributed by atoms with Crippen molar-refractivity contribution in [1.29, 1.82) is 0 Å². The summed E-state index contributed by atoms with van der Waals surface area (Å²) in [5.41, 5.74) is 5.58. The first-order chi connectivity index (χ1) is 26.6. The van der Waals surface area contributed by atoms with E-state index in [1.165, 1.54) is 14.2 Å². The number of carbonyl (C=O) groups excluding carboxylic acids is 4. The van der Waals surface area contributed by atoms with Crippen LogP contribution >= 0.6 is 0 Å². The van der Waals surface area contributed by atoms with Crippen LogP contribution in [0, 0.1) is 5.92 Å². The first-order valence-electron chi connectivity index (χ1n) is 18.1. The number of hydrogen-bond acceptors (Lipinski definition) is 10. The molecule has 4 amide bonds. The Balaban J connectivity index is 1.07. The molecule has 1 fully saturated rings. The predicted molar refractivity (Wildman–Crippen MR) is 204 cm³/mol. The third-order valence-electron chi connectivity index (χ3n) is 9.36. The van der Waals surface area contributed by atoms with Crippen LogP contribution in [0.1, 0.15) is 31.5 Å². The number of imidazole rings is 2. The van der Waals surface area contributed by atoms with E-state index in [0.717, 1.165) is 50.0 Å². The molecule has 5 N–H and O–H groups in total. The van der Waals surface area contributed by atoms with Gasteiger partial charge in [0.2, 0.25) is 11.8 Å². The number of benzene rings is 3. The summed E-state index contributed by atoms with van der Waals surface area (Å²) in [5, 5.41) is 9.82. The Morgan fingerprint density at radius 3 is 2.40 bits per heavy atom. The Bertz CT molecular complexity index is 2150. The molecule has 0 saturated carbocycles. The van der Waals surface area contributed by atoms with Gasteiger partial charge in [0.15, 0.2) is 0 Å². The molecule has 6 rings (SSSR count). The maximum absolute atomic E-state index is 13.7. The zero-order valence-electron chi connectivity index (χ0n) is 31.3. The summed E-state index contributed by atoms with van der Waals surface area (Å²) < 4.78 is 20.6. The zero-order chi connectivity index (χ0) is 38.9. The molecule has 16 nitrogen and oxygen atoms in total. The third kappa shape index (κ3) is 9.57. The SMILES string of the molecule is COC(=O)NCC(=O)NCCOCCc1ncc(-c2ccc3cc(-c4ccc5nc(C6COCCN6C(=O)C(NC(=O)OC)C(C)C)[nH]c5c4)ccc3c2)[nH]1. The van der Waals surface area contributed by atoms with Crippen molar-refractivity contribution in [2.75, 3.05) is 60.3 Å². The Hall–Kier alpha value is -6.00. The van der Waals surface area contributed by atoms with Gasteiger partial charge in [0.25, 0.3) is 0 Å². The summed E-state index contributed by atoms with van der Waals surface area (Å²) in [7, 11) is 2.51. The topological polar surface area (TPSA) is 202 Å². The van der Waals surface area contributed by atoms with Crippen molar-refractivity contribution in [2.24, 2.45) is 5.92 Å². The van der Waals surface area contributed by atoms with Crippen molar-refractivity contribution < 1.29 is 38.1 Å². The number of aromatic nitrogens is 4. The zero-order valence-corrected chi connectivity index (χ0v) is 31.3. The van der Waals surface area contributed by atoms with Crippen LogP contribution in [-0.2, 0) is 35.0 Å². The standard InChI is InChI=1S/C39H46N8O8/c1-23(2)35(46-39(51)53-4)37(49)47-13-16-55-22-32(47)36-44-29-10-9-27(19-30(29)45-36)25-5-6-26-18-28(8-7-24(26)17-25)31-20-41-33(43-31)11-14-54-15-12-40-34(48)21-42-38(50)52-3/h5-10,17-20,23,32,35H,11-16,21-22H2,1-4H3,(H,40,48)(H,41,43)(H,42,50)(H,44,45)(H,46,51). The molecular formula is C39H46N8O8. The van der Waals surface area contributed by atoms with Crippen LogP contribution in [-0.4, -0.2) is 115 Å². The molecule has 0 bridgehead atoms. The number of nitrogens with zero attached hydrogens (tertiary/aromatic N) is 3. The van der Waals surface area contributed by atoms with E-state index in [4.69, 9.17) is 19.2 Å². The molecule has 5 aromatic rings. The van der Waals surface area contributed by atoms with Gasteiger partial charge in [-0.15, -0.1) is 0 Å². The molecule has 1 aliphatic rings. The lowest BCUT2D eigenvalue weighted by molar-refractivity contribution is -0.143. The highest BCUT2D eigenvalue weighted by Crippen LogP contribution is 2.31. The van der Waals surface area contributed by atoms with Crippen LogP contribution in [0.25, 0.3) is 44.2 Å². The minimum Gasteiger partial charge on any atom is -0.453 e. The molecule has 0 aliphatic carbocycles. The average Bonchev–Trinajstić information content (AvgIpc) is 3.86. The number of aromatic amines is 2. The highest BCUT2D eigenvalue weighted by Gasteiger charge is 2.36. The Morgan fingerprint density at radius 1 is 0.909 bits per heavy atom. The molecule has 0 spiro atoms. The van der Waals surface area contributed by atoms with Gasteiger partial charge < -0.3 is 49.8 Å². The van der Waals surface area contributed by atoms with Crippen LogP contribution in [0.5, 0.6) is 0 Å². The number of rotatable bonds is 14. The van der Waals surface area contributed by atoms with Crippen molar-refractivity contribution in [1.82, 2.24) is 40.8 Å². The Morgan fingerprint density at radius 2 is 1.64 bits per heavy atom. The average molecular weight is 755 g/mol. The van der Waals surface area contributed by atoms with Crippen LogP contribution in [0.4, 0.5) is 9.59 Å². The fraction of sp³-hybridized carbons (Fsp3) is 0.385. The van der Waals surface area contributed by atoms with Crippen LogP contribution in [0.3, 0.4) is 0 Å². The molecule has 55 heavy (non-hydrogen) atoms. The third-order valence-corrected chi connectivity index (χ3v) is 9.36. The first kappa shape index (κ1) is 38.7. The minimum absolute atomic E-state index is 0.149. The summed E-state index contributed by atoms with van der Waals surface area (Å²) in [6.45, 7) is 5.72. The number of alkyl carbamates (subject to hydrolysis) is 2. The number of nitrogens with one attached hydrogen (secondary N) is 5. The lowest BCUT2D eigenvalue weighted by Gasteiger charge is -2.37. The van der Waals surface area contributed by atoms with Crippen LogP contribution < -0.4 is 16.0 Å². The van der Waals surface area contributed by atoms with E-state index in [-0.39, 0.29) is 30.9 Å². The van der Waals surface area contributed by atoms with E-state index in [2.05, 4.69) is 78.1 Å². The fourth-order valence-corrected chi connectivity index (χ4v) is 6.39. The molecule has 290 valence electrons. The summed E-state index contributed by atoms with van der Waals surface area (Å²) >= 11 is 0. The molecule has 2 unspecified atom stereocenters. The van der Waals surface area contributed by atoms with E-state index >= 15 is 0 Å². The molecule has 1 saturated heterocycles. The number of H-pyrrole nitrogens is 2. The van der Waals surface area contributed by atoms with E-state index in [1.807, 2.05) is 32.2 Å². The van der Waals surface area contributed by atoms with Crippen LogP contribution in [0.15, 0.2) is 60.8 Å². The van der Waals surface area contributed by atoms with Crippen molar-refractivity contribution >= 4 is 45.8 Å². The molecule has 16 heteroatoms. The highest BCUT2D eigenvalue weighted by atomic mass is 16.5. The van der Waals surface area contributed by atoms with Crippen molar-refractivity contribution in [3.63, 3.8) is 0 Å². The maximum atomic E-state index is 13.7.